The molecule has 1 aliphatic heterocycles. The Morgan fingerprint density at radius 1 is 1.47 bits per heavy atom. The number of rotatable bonds is 8. The van der Waals surface area contributed by atoms with E-state index in [4.69, 9.17) is 15.2 Å². The van der Waals surface area contributed by atoms with Crippen molar-refractivity contribution in [3.8, 4) is 0 Å². The lowest BCUT2D eigenvalue weighted by atomic mass is 10.2. The third-order valence-corrected chi connectivity index (χ3v) is 2.78. The Balaban J connectivity index is 2.01. The molecule has 1 saturated heterocycles. The van der Waals surface area contributed by atoms with Crippen LogP contribution in [0.4, 0.5) is 0 Å². The Morgan fingerprint density at radius 2 is 2.29 bits per heavy atom. The van der Waals surface area contributed by atoms with Gasteiger partial charge < -0.3 is 20.5 Å². The molecule has 100 valence electrons. The molecule has 0 aromatic heterocycles. The molecular weight excluding hydrogens is 220 g/mol. The zero-order chi connectivity index (χ0) is 12.5. The third kappa shape index (κ3) is 5.48. The van der Waals surface area contributed by atoms with Crippen molar-refractivity contribution in [2.75, 3.05) is 26.3 Å². The van der Waals surface area contributed by atoms with E-state index < -0.39 is 0 Å². The van der Waals surface area contributed by atoms with Crippen LogP contribution >= 0.6 is 0 Å². The van der Waals surface area contributed by atoms with Crippen molar-refractivity contribution in [2.45, 2.75) is 44.8 Å². The average Bonchev–Trinajstić information content (AvgIpc) is 2.82. The molecule has 5 nitrogen and oxygen atoms in total. The Labute approximate surface area is 103 Å². The van der Waals surface area contributed by atoms with Crippen LogP contribution in [-0.2, 0) is 14.3 Å². The summed E-state index contributed by atoms with van der Waals surface area (Å²) in [6.07, 6.45) is 3.29. The van der Waals surface area contributed by atoms with E-state index in [0.717, 1.165) is 32.3 Å². The molecule has 5 heteroatoms. The predicted octanol–water partition coefficient (Wildman–Crippen LogP) is 0.426. The monoisotopic (exact) mass is 244 g/mol. The quantitative estimate of drug-likeness (QED) is 0.607. The molecule has 0 aliphatic carbocycles. The Hall–Kier alpha value is -0.650. The van der Waals surface area contributed by atoms with Gasteiger partial charge in [-0.3, -0.25) is 4.79 Å². The van der Waals surface area contributed by atoms with E-state index >= 15 is 0 Å². The molecule has 17 heavy (non-hydrogen) atoms. The van der Waals surface area contributed by atoms with Crippen molar-refractivity contribution in [3.63, 3.8) is 0 Å². The minimum absolute atomic E-state index is 0.0172. The first kappa shape index (κ1) is 14.4. The molecule has 1 aliphatic rings. The van der Waals surface area contributed by atoms with Gasteiger partial charge in [0, 0.05) is 26.3 Å². The highest BCUT2D eigenvalue weighted by Crippen LogP contribution is 2.18. The number of hydrogen-bond donors (Lipinski definition) is 2. The van der Waals surface area contributed by atoms with Gasteiger partial charge in [0.1, 0.15) is 6.10 Å². The molecule has 0 bridgehead atoms. The van der Waals surface area contributed by atoms with Gasteiger partial charge in [-0.25, -0.2) is 0 Å². The van der Waals surface area contributed by atoms with Gasteiger partial charge in [-0.05, 0) is 25.7 Å². The van der Waals surface area contributed by atoms with Crippen LogP contribution in [0.15, 0.2) is 0 Å². The second kappa shape index (κ2) is 8.44. The minimum atomic E-state index is -0.305. The van der Waals surface area contributed by atoms with E-state index in [9.17, 15) is 4.79 Å². The van der Waals surface area contributed by atoms with Gasteiger partial charge in [0.15, 0.2) is 0 Å². The first-order valence-electron chi connectivity index (χ1n) is 6.49. The number of carbonyl (C=O) groups is 1. The molecule has 0 aromatic carbocycles. The highest BCUT2D eigenvalue weighted by atomic mass is 16.5. The van der Waals surface area contributed by atoms with E-state index in [1.165, 1.54) is 0 Å². The minimum Gasteiger partial charge on any atom is -0.381 e. The molecule has 0 saturated carbocycles. The smallest absolute Gasteiger partial charge is 0.249 e. The summed E-state index contributed by atoms with van der Waals surface area (Å²) in [7, 11) is 0. The van der Waals surface area contributed by atoms with Gasteiger partial charge in [0.2, 0.25) is 5.91 Å². The summed E-state index contributed by atoms with van der Waals surface area (Å²) >= 11 is 0. The summed E-state index contributed by atoms with van der Waals surface area (Å²) in [5, 5.41) is 2.86. The highest BCUT2D eigenvalue weighted by molar-refractivity contribution is 5.80. The predicted molar refractivity (Wildman–Crippen MR) is 65.7 cm³/mol. The number of hydrogen-bond acceptors (Lipinski definition) is 4. The Kier molecular flexibility index (Phi) is 7.16. The van der Waals surface area contributed by atoms with Crippen molar-refractivity contribution >= 4 is 5.91 Å². The van der Waals surface area contributed by atoms with Crippen LogP contribution in [0.5, 0.6) is 0 Å². The van der Waals surface area contributed by atoms with Crippen molar-refractivity contribution in [3.05, 3.63) is 0 Å². The molecule has 0 aromatic rings. The van der Waals surface area contributed by atoms with Crippen LogP contribution in [-0.4, -0.2) is 44.4 Å². The number of nitrogens with two attached hydrogens (primary N) is 1. The fourth-order valence-electron chi connectivity index (χ4n) is 1.82. The van der Waals surface area contributed by atoms with Crippen molar-refractivity contribution < 1.29 is 14.3 Å². The van der Waals surface area contributed by atoms with E-state index in [1.807, 2.05) is 0 Å². The summed E-state index contributed by atoms with van der Waals surface area (Å²) in [5.41, 5.74) is 5.49. The largest absolute Gasteiger partial charge is 0.381 e. The number of nitrogens with one attached hydrogen (secondary N) is 1. The molecule has 1 amide bonds. The van der Waals surface area contributed by atoms with E-state index in [2.05, 4.69) is 12.2 Å². The molecule has 1 heterocycles. The zero-order valence-corrected chi connectivity index (χ0v) is 10.6. The number of amides is 1. The molecule has 0 spiro atoms. The van der Waals surface area contributed by atoms with Crippen LogP contribution in [0.25, 0.3) is 0 Å². The molecular formula is C12H24N2O3. The van der Waals surface area contributed by atoms with Gasteiger partial charge >= 0.3 is 0 Å². The Morgan fingerprint density at radius 3 is 2.94 bits per heavy atom. The maximum Gasteiger partial charge on any atom is 0.249 e. The van der Waals surface area contributed by atoms with Crippen LogP contribution in [0.3, 0.4) is 0 Å². The second-order valence-corrected chi connectivity index (χ2v) is 4.32. The molecule has 2 unspecified atom stereocenters. The normalized spacial score (nSPS) is 23.9. The summed E-state index contributed by atoms with van der Waals surface area (Å²) in [6, 6.07) is 0. The lowest BCUT2D eigenvalue weighted by molar-refractivity contribution is -0.131. The molecule has 3 N–H and O–H groups in total. The van der Waals surface area contributed by atoms with Crippen LogP contribution < -0.4 is 11.1 Å². The third-order valence-electron chi connectivity index (χ3n) is 2.78. The van der Waals surface area contributed by atoms with E-state index in [1.54, 1.807) is 0 Å². The lowest BCUT2D eigenvalue weighted by Gasteiger charge is -2.12. The molecule has 1 fully saturated rings. The van der Waals surface area contributed by atoms with Crippen molar-refractivity contribution in [1.29, 1.82) is 0 Å². The van der Waals surface area contributed by atoms with Gasteiger partial charge in [-0.2, -0.15) is 0 Å². The zero-order valence-electron chi connectivity index (χ0n) is 10.6. The van der Waals surface area contributed by atoms with Gasteiger partial charge in [-0.15, -0.1) is 0 Å². The number of ether oxygens (including phenoxy) is 2. The SMILES string of the molecule is CCCOCCCNC(=O)C1CCC(CN)O1. The van der Waals surface area contributed by atoms with Gasteiger partial charge in [-0.1, -0.05) is 6.92 Å². The van der Waals surface area contributed by atoms with Crippen molar-refractivity contribution in [2.24, 2.45) is 5.73 Å². The fourth-order valence-corrected chi connectivity index (χ4v) is 1.82. The summed E-state index contributed by atoms with van der Waals surface area (Å²) in [6.45, 7) is 4.71. The Bertz CT molecular complexity index is 224. The fraction of sp³-hybridized carbons (Fsp3) is 0.917. The molecule has 2 atom stereocenters. The standard InChI is InChI=1S/C12H24N2O3/c1-2-7-16-8-3-6-14-12(15)11-5-4-10(9-13)17-11/h10-11H,2-9,13H2,1H3,(H,14,15). The maximum absolute atomic E-state index is 11.7. The second-order valence-electron chi connectivity index (χ2n) is 4.32. The van der Waals surface area contributed by atoms with Gasteiger partial charge in [0.25, 0.3) is 0 Å². The summed E-state index contributed by atoms with van der Waals surface area (Å²) in [5.74, 6) is -0.0172. The van der Waals surface area contributed by atoms with Crippen LogP contribution in [0, 0.1) is 0 Å². The number of carbonyl (C=O) groups excluding carboxylic acids is 1. The van der Waals surface area contributed by atoms with Crippen molar-refractivity contribution in [1.82, 2.24) is 5.32 Å². The molecule has 0 radical (unpaired) electrons. The lowest BCUT2D eigenvalue weighted by Crippen LogP contribution is -2.36. The van der Waals surface area contributed by atoms with Crippen LogP contribution in [0.2, 0.25) is 0 Å². The summed E-state index contributed by atoms with van der Waals surface area (Å²) < 4.78 is 10.8. The first-order valence-corrected chi connectivity index (χ1v) is 6.49. The molecule has 1 rings (SSSR count). The highest BCUT2D eigenvalue weighted by Gasteiger charge is 2.29. The average molecular weight is 244 g/mol. The van der Waals surface area contributed by atoms with Crippen LogP contribution in [0.1, 0.15) is 32.6 Å². The summed E-state index contributed by atoms with van der Waals surface area (Å²) in [4.78, 5) is 11.7. The van der Waals surface area contributed by atoms with Gasteiger partial charge in [0.05, 0.1) is 6.10 Å². The van der Waals surface area contributed by atoms with E-state index in [0.29, 0.717) is 19.7 Å². The maximum atomic E-state index is 11.7. The topological polar surface area (TPSA) is 73.6 Å². The first-order chi connectivity index (χ1) is 8.27. The van der Waals surface area contributed by atoms with E-state index in [-0.39, 0.29) is 18.1 Å².